The van der Waals surface area contributed by atoms with Gasteiger partial charge in [-0.3, -0.25) is 9.59 Å². The van der Waals surface area contributed by atoms with E-state index in [9.17, 15) is 9.59 Å². The molecule has 4 nitrogen and oxygen atoms in total. The first-order valence-electron chi connectivity index (χ1n) is 8.66. The highest BCUT2D eigenvalue weighted by atomic mass is 16.5. The van der Waals surface area contributed by atoms with Crippen LogP contribution in [0.2, 0.25) is 0 Å². The van der Waals surface area contributed by atoms with E-state index in [1.165, 1.54) is 0 Å². The molecule has 0 bridgehead atoms. The summed E-state index contributed by atoms with van der Waals surface area (Å²) in [7, 11) is 0. The van der Waals surface area contributed by atoms with Crippen LogP contribution in [0.25, 0.3) is 0 Å². The molecule has 0 heterocycles. The van der Waals surface area contributed by atoms with Crippen molar-refractivity contribution in [2.45, 2.75) is 53.1 Å². The van der Waals surface area contributed by atoms with Crippen LogP contribution < -0.4 is 5.32 Å². The highest BCUT2D eigenvalue weighted by Gasteiger charge is 2.35. The Kier molecular flexibility index (Phi) is 6.18. The zero-order chi connectivity index (χ0) is 17.7. The van der Waals surface area contributed by atoms with Gasteiger partial charge in [0.25, 0.3) is 0 Å². The molecule has 1 aliphatic carbocycles. The molecule has 24 heavy (non-hydrogen) atoms. The Hall–Kier alpha value is -2.10. The Morgan fingerprint density at radius 2 is 1.88 bits per heavy atom. The fourth-order valence-electron chi connectivity index (χ4n) is 2.85. The van der Waals surface area contributed by atoms with Crippen molar-refractivity contribution >= 4 is 17.6 Å². The van der Waals surface area contributed by atoms with Gasteiger partial charge in [0.05, 0.1) is 17.9 Å². The average molecular weight is 329 g/mol. The molecule has 1 aromatic carbocycles. The van der Waals surface area contributed by atoms with Gasteiger partial charge in [-0.05, 0) is 57.2 Å². The summed E-state index contributed by atoms with van der Waals surface area (Å²) in [5, 5.41) is 2.99. The maximum atomic E-state index is 12.7. The molecule has 3 atom stereocenters. The topological polar surface area (TPSA) is 55.4 Å². The van der Waals surface area contributed by atoms with Crippen molar-refractivity contribution in [1.29, 1.82) is 0 Å². The van der Waals surface area contributed by atoms with E-state index in [1.54, 1.807) is 0 Å². The van der Waals surface area contributed by atoms with E-state index in [4.69, 9.17) is 4.74 Å². The molecule has 0 fully saturated rings. The largest absolute Gasteiger partial charge is 0.462 e. The number of allylic oxidation sites excluding steroid dienone is 2. The predicted molar refractivity (Wildman–Crippen MR) is 95.7 cm³/mol. The number of carbonyl (C=O) groups excluding carboxylic acids is 2. The number of rotatable bonds is 5. The van der Waals surface area contributed by atoms with Crippen LogP contribution in [-0.2, 0) is 14.3 Å². The smallest absolute Gasteiger partial charge is 0.310 e. The average Bonchev–Trinajstić information content (AvgIpc) is 2.58. The highest BCUT2D eigenvalue weighted by Crippen LogP contribution is 2.29. The van der Waals surface area contributed by atoms with Crippen LogP contribution in [0.5, 0.6) is 0 Å². The lowest BCUT2D eigenvalue weighted by Gasteiger charge is -2.27. The summed E-state index contributed by atoms with van der Waals surface area (Å²) in [6, 6.07) is 5.83. The number of aryl methyl sites for hydroxylation is 1. The number of carbonyl (C=O) groups is 2. The third-order valence-electron chi connectivity index (χ3n) is 4.83. The SMILES string of the molecule is CC[C@H](C)OC(=O)[C@@H]1CC=CC[C@@H]1C(=O)Nc1cccc(C)c1C. The lowest BCUT2D eigenvalue weighted by Crippen LogP contribution is -2.36. The van der Waals surface area contributed by atoms with Crippen LogP contribution >= 0.6 is 0 Å². The fourth-order valence-corrected chi connectivity index (χ4v) is 2.85. The van der Waals surface area contributed by atoms with Crippen LogP contribution in [0.3, 0.4) is 0 Å². The third kappa shape index (κ3) is 4.25. The molecular weight excluding hydrogens is 302 g/mol. The first-order valence-corrected chi connectivity index (χ1v) is 8.66. The zero-order valence-electron chi connectivity index (χ0n) is 15.0. The number of benzene rings is 1. The van der Waals surface area contributed by atoms with Crippen molar-refractivity contribution in [1.82, 2.24) is 0 Å². The van der Waals surface area contributed by atoms with E-state index < -0.39 is 5.92 Å². The molecule has 1 amide bonds. The second-order valence-corrected chi connectivity index (χ2v) is 6.55. The van der Waals surface area contributed by atoms with E-state index in [1.807, 2.05) is 58.0 Å². The number of anilines is 1. The lowest BCUT2D eigenvalue weighted by atomic mass is 9.82. The number of amides is 1. The standard InChI is InChI=1S/C20H27NO3/c1-5-14(3)24-20(23)17-11-7-6-10-16(17)19(22)21-18-12-8-9-13(2)15(18)4/h6-9,12,14,16-17H,5,10-11H2,1-4H3,(H,21,22)/t14-,16-,17+/m0/s1. The molecule has 0 saturated heterocycles. The third-order valence-corrected chi connectivity index (χ3v) is 4.83. The molecule has 1 N–H and O–H groups in total. The van der Waals surface area contributed by atoms with Crippen molar-refractivity contribution in [2.75, 3.05) is 5.32 Å². The molecule has 2 rings (SSSR count). The molecule has 0 aromatic heterocycles. The van der Waals surface area contributed by atoms with E-state index in [0.717, 1.165) is 23.2 Å². The quantitative estimate of drug-likeness (QED) is 0.652. The first kappa shape index (κ1) is 18.2. The first-order chi connectivity index (χ1) is 11.4. The fraction of sp³-hybridized carbons (Fsp3) is 0.500. The summed E-state index contributed by atoms with van der Waals surface area (Å²) in [5.74, 6) is -1.17. The maximum Gasteiger partial charge on any atom is 0.310 e. The maximum absolute atomic E-state index is 12.7. The summed E-state index contributed by atoms with van der Waals surface area (Å²) in [6.07, 6.45) is 5.71. The molecule has 0 saturated carbocycles. The van der Waals surface area contributed by atoms with Gasteiger partial charge in [-0.25, -0.2) is 0 Å². The zero-order valence-corrected chi connectivity index (χ0v) is 15.0. The monoisotopic (exact) mass is 329 g/mol. The lowest BCUT2D eigenvalue weighted by molar-refractivity contribution is -0.157. The highest BCUT2D eigenvalue weighted by molar-refractivity contribution is 5.96. The van der Waals surface area contributed by atoms with Crippen molar-refractivity contribution in [3.63, 3.8) is 0 Å². The van der Waals surface area contributed by atoms with Crippen molar-refractivity contribution in [3.8, 4) is 0 Å². The number of hydrogen-bond acceptors (Lipinski definition) is 3. The van der Waals surface area contributed by atoms with Crippen LogP contribution in [0.1, 0.15) is 44.2 Å². The molecule has 4 heteroatoms. The van der Waals surface area contributed by atoms with Crippen LogP contribution in [-0.4, -0.2) is 18.0 Å². The van der Waals surface area contributed by atoms with Gasteiger partial charge in [-0.2, -0.15) is 0 Å². The molecule has 130 valence electrons. The summed E-state index contributed by atoms with van der Waals surface area (Å²) < 4.78 is 5.46. The molecule has 0 unspecified atom stereocenters. The van der Waals surface area contributed by atoms with E-state index >= 15 is 0 Å². The molecule has 1 aliphatic rings. The van der Waals surface area contributed by atoms with Crippen molar-refractivity contribution in [3.05, 3.63) is 41.5 Å². The summed E-state index contributed by atoms with van der Waals surface area (Å²) in [5.41, 5.74) is 2.99. The Morgan fingerprint density at radius 3 is 2.54 bits per heavy atom. The van der Waals surface area contributed by atoms with Crippen LogP contribution in [0.15, 0.2) is 30.4 Å². The second-order valence-electron chi connectivity index (χ2n) is 6.55. The Labute approximate surface area is 144 Å². The summed E-state index contributed by atoms with van der Waals surface area (Å²) >= 11 is 0. The number of hydrogen-bond donors (Lipinski definition) is 1. The van der Waals surface area contributed by atoms with E-state index in [0.29, 0.717) is 12.8 Å². The Morgan fingerprint density at radius 1 is 1.21 bits per heavy atom. The second kappa shape index (κ2) is 8.13. The summed E-state index contributed by atoms with van der Waals surface area (Å²) in [4.78, 5) is 25.2. The van der Waals surface area contributed by atoms with Gasteiger partial charge < -0.3 is 10.1 Å². The number of esters is 1. The predicted octanol–water partition coefficient (Wildman–Crippen LogP) is 4.17. The number of ether oxygens (including phenoxy) is 1. The molecular formula is C20H27NO3. The van der Waals surface area contributed by atoms with Gasteiger partial charge >= 0.3 is 5.97 Å². The van der Waals surface area contributed by atoms with Gasteiger partial charge in [-0.1, -0.05) is 31.2 Å². The van der Waals surface area contributed by atoms with E-state index in [2.05, 4.69) is 5.32 Å². The summed E-state index contributed by atoms with van der Waals surface area (Å²) in [6.45, 7) is 7.85. The van der Waals surface area contributed by atoms with Gasteiger partial charge in [0.2, 0.25) is 5.91 Å². The van der Waals surface area contributed by atoms with Gasteiger partial charge in [0.1, 0.15) is 0 Å². The number of nitrogens with one attached hydrogen (secondary N) is 1. The Balaban J connectivity index is 2.12. The molecule has 0 radical (unpaired) electrons. The molecule has 1 aromatic rings. The molecule has 0 aliphatic heterocycles. The van der Waals surface area contributed by atoms with Gasteiger partial charge in [0.15, 0.2) is 0 Å². The van der Waals surface area contributed by atoms with Crippen LogP contribution in [0.4, 0.5) is 5.69 Å². The minimum atomic E-state index is -0.408. The van der Waals surface area contributed by atoms with Crippen LogP contribution in [0, 0.1) is 25.7 Å². The van der Waals surface area contributed by atoms with Gasteiger partial charge in [0, 0.05) is 5.69 Å². The van der Waals surface area contributed by atoms with Crippen molar-refractivity contribution < 1.29 is 14.3 Å². The van der Waals surface area contributed by atoms with E-state index in [-0.39, 0.29) is 23.9 Å². The normalized spacial score (nSPS) is 21.2. The Bertz CT molecular complexity index is 636. The van der Waals surface area contributed by atoms with Gasteiger partial charge in [-0.15, -0.1) is 0 Å². The van der Waals surface area contributed by atoms with Crippen molar-refractivity contribution in [2.24, 2.45) is 11.8 Å². The molecule has 0 spiro atoms. The minimum absolute atomic E-state index is 0.112. The minimum Gasteiger partial charge on any atom is -0.462 e.